The molecule has 32 heavy (non-hydrogen) atoms. The fourth-order valence-electron chi connectivity index (χ4n) is 4.75. The molecule has 5 rings (SSSR count). The normalized spacial score (nSPS) is 22.8. The van der Waals surface area contributed by atoms with Gasteiger partial charge in [-0.05, 0) is 51.8 Å². The van der Waals surface area contributed by atoms with Gasteiger partial charge in [0.25, 0.3) is 0 Å². The molecule has 1 saturated carbocycles. The van der Waals surface area contributed by atoms with Crippen LogP contribution in [0.15, 0.2) is 24.5 Å². The first kappa shape index (κ1) is 21.4. The molecule has 0 aromatic carbocycles. The van der Waals surface area contributed by atoms with Gasteiger partial charge < -0.3 is 10.2 Å². The third-order valence-electron chi connectivity index (χ3n) is 6.71. The molecule has 2 fully saturated rings. The summed E-state index contributed by atoms with van der Waals surface area (Å²) >= 11 is 1.54. The lowest BCUT2D eigenvalue weighted by molar-refractivity contribution is -0.121. The predicted molar refractivity (Wildman–Crippen MR) is 127 cm³/mol. The Bertz CT molecular complexity index is 1100. The van der Waals surface area contributed by atoms with E-state index in [1.807, 2.05) is 19.1 Å². The molecule has 0 atom stereocenters. The highest BCUT2D eigenvalue weighted by Crippen LogP contribution is 2.30. The zero-order valence-electron chi connectivity index (χ0n) is 18.6. The molecule has 1 amide bonds. The van der Waals surface area contributed by atoms with E-state index in [1.54, 1.807) is 23.7 Å². The molecular formula is C23H29N7OS. The second kappa shape index (κ2) is 9.17. The second-order valence-electron chi connectivity index (χ2n) is 8.95. The first-order valence-electron chi connectivity index (χ1n) is 11.3. The molecular weight excluding hydrogens is 422 g/mol. The first-order valence-corrected chi connectivity index (χ1v) is 12.2. The van der Waals surface area contributed by atoms with Crippen molar-refractivity contribution in [2.45, 2.75) is 38.6 Å². The standard InChI is InChI=1S/C23H29N7OS/c1-15-27-28-23(32-15)18-11-17-12-21(25-14-20(17)24-13-18)26-22(31)16-3-5-19(6-4-16)30-9-7-29(2)8-10-30/h11-14,16,19H,3-10H2,1-2H3,(H,25,26,31). The number of aromatic nitrogens is 4. The van der Waals surface area contributed by atoms with Crippen LogP contribution in [0.1, 0.15) is 30.7 Å². The summed E-state index contributed by atoms with van der Waals surface area (Å²) in [7, 11) is 2.19. The summed E-state index contributed by atoms with van der Waals surface area (Å²) in [6.45, 7) is 6.51. The number of rotatable bonds is 4. The van der Waals surface area contributed by atoms with Crippen LogP contribution in [0.3, 0.4) is 0 Å². The number of anilines is 1. The zero-order chi connectivity index (χ0) is 22.1. The van der Waals surface area contributed by atoms with Gasteiger partial charge in [0.05, 0.1) is 11.7 Å². The summed E-state index contributed by atoms with van der Waals surface area (Å²) in [5, 5.41) is 14.0. The largest absolute Gasteiger partial charge is 0.310 e. The molecule has 1 aliphatic carbocycles. The van der Waals surface area contributed by atoms with Gasteiger partial charge in [-0.15, -0.1) is 10.2 Å². The summed E-state index contributed by atoms with van der Waals surface area (Å²) < 4.78 is 0. The minimum absolute atomic E-state index is 0.0602. The highest BCUT2D eigenvalue weighted by atomic mass is 32.1. The molecule has 168 valence electrons. The van der Waals surface area contributed by atoms with Gasteiger partial charge in [-0.1, -0.05) is 11.3 Å². The topological polar surface area (TPSA) is 87.1 Å². The first-order chi connectivity index (χ1) is 15.5. The fraction of sp³-hybridized carbons (Fsp3) is 0.522. The van der Waals surface area contributed by atoms with E-state index in [2.05, 4.69) is 42.3 Å². The maximum atomic E-state index is 12.9. The number of aryl methyl sites for hydroxylation is 1. The van der Waals surface area contributed by atoms with E-state index in [1.165, 1.54) is 0 Å². The molecule has 0 unspecified atom stereocenters. The van der Waals surface area contributed by atoms with E-state index in [4.69, 9.17) is 0 Å². The smallest absolute Gasteiger partial charge is 0.228 e. The minimum Gasteiger partial charge on any atom is -0.310 e. The van der Waals surface area contributed by atoms with Crippen LogP contribution in [0.25, 0.3) is 21.5 Å². The van der Waals surface area contributed by atoms with Gasteiger partial charge in [0, 0.05) is 55.3 Å². The number of amides is 1. The number of nitrogens with zero attached hydrogens (tertiary/aromatic N) is 6. The van der Waals surface area contributed by atoms with Crippen LogP contribution in [0.4, 0.5) is 5.82 Å². The number of hydrogen-bond donors (Lipinski definition) is 1. The average molecular weight is 452 g/mol. The average Bonchev–Trinajstić information content (AvgIpc) is 3.25. The van der Waals surface area contributed by atoms with Crippen molar-refractivity contribution in [2.24, 2.45) is 5.92 Å². The summed E-state index contributed by atoms with van der Waals surface area (Å²) in [5.74, 6) is 0.721. The lowest BCUT2D eigenvalue weighted by Gasteiger charge is -2.40. The molecule has 3 aromatic rings. The van der Waals surface area contributed by atoms with Crippen LogP contribution in [0, 0.1) is 12.8 Å². The summed E-state index contributed by atoms with van der Waals surface area (Å²) in [6, 6.07) is 4.55. The quantitative estimate of drug-likeness (QED) is 0.652. The van der Waals surface area contributed by atoms with Gasteiger partial charge in [0.2, 0.25) is 5.91 Å². The SMILES string of the molecule is Cc1nnc(-c2cnc3cnc(NC(=O)C4CCC(N5CCN(C)CC5)CC4)cc3c2)s1. The number of nitrogens with one attached hydrogen (secondary N) is 1. The van der Waals surface area contributed by atoms with Crippen LogP contribution in [-0.4, -0.2) is 75.1 Å². The van der Waals surface area contributed by atoms with Crippen molar-refractivity contribution < 1.29 is 4.79 Å². The lowest BCUT2D eigenvalue weighted by atomic mass is 9.84. The molecule has 0 bridgehead atoms. The highest BCUT2D eigenvalue weighted by molar-refractivity contribution is 7.14. The van der Waals surface area contributed by atoms with Crippen LogP contribution in [0.2, 0.25) is 0 Å². The van der Waals surface area contributed by atoms with E-state index >= 15 is 0 Å². The van der Waals surface area contributed by atoms with Crippen LogP contribution < -0.4 is 5.32 Å². The third kappa shape index (κ3) is 4.65. The van der Waals surface area contributed by atoms with Crippen LogP contribution in [0.5, 0.6) is 0 Å². The summed E-state index contributed by atoms with van der Waals surface area (Å²) in [4.78, 5) is 26.8. The molecule has 1 aliphatic heterocycles. The number of carbonyl (C=O) groups excluding carboxylic acids is 1. The molecule has 4 heterocycles. The maximum absolute atomic E-state index is 12.9. The number of hydrogen-bond acceptors (Lipinski definition) is 8. The molecule has 1 N–H and O–H groups in total. The monoisotopic (exact) mass is 451 g/mol. The maximum Gasteiger partial charge on any atom is 0.228 e. The Morgan fingerprint density at radius 3 is 2.53 bits per heavy atom. The number of carbonyl (C=O) groups is 1. The van der Waals surface area contributed by atoms with Crippen molar-refractivity contribution in [3.8, 4) is 10.6 Å². The Labute approximate surface area is 192 Å². The Kier molecular flexibility index (Phi) is 6.12. The van der Waals surface area contributed by atoms with Crippen molar-refractivity contribution in [3.63, 3.8) is 0 Å². The van der Waals surface area contributed by atoms with Crippen molar-refractivity contribution >= 4 is 34.0 Å². The zero-order valence-corrected chi connectivity index (χ0v) is 19.4. The molecule has 3 aromatic heterocycles. The van der Waals surface area contributed by atoms with Crippen LogP contribution in [-0.2, 0) is 4.79 Å². The Hall–Kier alpha value is -2.49. The second-order valence-corrected chi connectivity index (χ2v) is 10.1. The third-order valence-corrected chi connectivity index (χ3v) is 7.60. The Balaban J connectivity index is 1.22. The van der Waals surface area contributed by atoms with E-state index in [0.717, 1.165) is 78.3 Å². The van der Waals surface area contributed by atoms with Crippen molar-refractivity contribution in [2.75, 3.05) is 38.5 Å². The van der Waals surface area contributed by atoms with E-state index in [0.29, 0.717) is 11.9 Å². The molecule has 8 nitrogen and oxygen atoms in total. The fourth-order valence-corrected chi connectivity index (χ4v) is 5.42. The molecule has 0 spiro atoms. The van der Waals surface area contributed by atoms with Crippen molar-refractivity contribution in [1.82, 2.24) is 30.0 Å². The lowest BCUT2D eigenvalue weighted by Crippen LogP contribution is -2.50. The van der Waals surface area contributed by atoms with Gasteiger partial charge in [0.15, 0.2) is 0 Å². The number of likely N-dealkylation sites (N-methyl/N-ethyl adjacent to an activating group) is 1. The summed E-state index contributed by atoms with van der Waals surface area (Å²) in [6.07, 6.45) is 7.59. The minimum atomic E-state index is 0.0602. The number of fused-ring (bicyclic) bond motifs is 1. The van der Waals surface area contributed by atoms with Gasteiger partial charge in [0.1, 0.15) is 15.8 Å². The van der Waals surface area contributed by atoms with Gasteiger partial charge >= 0.3 is 0 Å². The number of pyridine rings is 2. The Morgan fingerprint density at radius 1 is 1.03 bits per heavy atom. The molecule has 0 radical (unpaired) electrons. The predicted octanol–water partition coefficient (Wildman–Crippen LogP) is 3.20. The van der Waals surface area contributed by atoms with E-state index in [9.17, 15) is 4.79 Å². The van der Waals surface area contributed by atoms with Gasteiger partial charge in [-0.3, -0.25) is 14.7 Å². The summed E-state index contributed by atoms with van der Waals surface area (Å²) in [5.41, 5.74) is 1.72. The Morgan fingerprint density at radius 2 is 1.81 bits per heavy atom. The van der Waals surface area contributed by atoms with E-state index in [-0.39, 0.29) is 11.8 Å². The highest BCUT2D eigenvalue weighted by Gasteiger charge is 2.30. The number of piperazine rings is 1. The van der Waals surface area contributed by atoms with Crippen molar-refractivity contribution in [1.29, 1.82) is 0 Å². The van der Waals surface area contributed by atoms with Gasteiger partial charge in [-0.25, -0.2) is 4.98 Å². The molecule has 1 saturated heterocycles. The van der Waals surface area contributed by atoms with Crippen LogP contribution >= 0.6 is 11.3 Å². The van der Waals surface area contributed by atoms with Crippen molar-refractivity contribution in [3.05, 3.63) is 29.5 Å². The molecule has 9 heteroatoms. The molecule has 2 aliphatic rings. The van der Waals surface area contributed by atoms with E-state index < -0.39 is 0 Å². The van der Waals surface area contributed by atoms with Gasteiger partial charge in [-0.2, -0.15) is 0 Å².